The molecule has 1 N–H and O–H groups in total. The molecule has 1 aliphatic heterocycles. The van der Waals surface area contributed by atoms with Crippen molar-refractivity contribution >= 4 is 23.6 Å². The zero-order chi connectivity index (χ0) is 27.4. The standard InChI is InChI=1S/C31H32N4O3S/c1-31(30(37)32-20-24-11-7-8-12-28(24)38-2)21-35-27(19-26(33-35)23-9-5-4-6-10-23)29(36)34(31)18-17-22-13-15-25(39-3)16-14-22/h4-16,19H,17-18,20-21H2,1-3H3,(H,32,37). The highest BCUT2D eigenvalue weighted by molar-refractivity contribution is 7.98. The van der Waals surface area contributed by atoms with E-state index in [9.17, 15) is 9.59 Å². The van der Waals surface area contributed by atoms with Gasteiger partial charge < -0.3 is 15.0 Å². The predicted octanol–water partition coefficient (Wildman–Crippen LogP) is 5.05. The van der Waals surface area contributed by atoms with Crippen molar-refractivity contribution < 1.29 is 14.3 Å². The number of para-hydroxylation sites is 1. The molecule has 8 heteroatoms. The molecule has 0 aliphatic carbocycles. The molecule has 200 valence electrons. The molecule has 2 heterocycles. The summed E-state index contributed by atoms with van der Waals surface area (Å²) >= 11 is 1.69. The van der Waals surface area contributed by atoms with Crippen LogP contribution in [0, 0.1) is 0 Å². The zero-order valence-corrected chi connectivity index (χ0v) is 23.2. The average Bonchev–Trinajstić information content (AvgIpc) is 3.40. The smallest absolute Gasteiger partial charge is 0.273 e. The van der Waals surface area contributed by atoms with Crippen LogP contribution in [-0.4, -0.2) is 51.9 Å². The summed E-state index contributed by atoms with van der Waals surface area (Å²) in [7, 11) is 1.61. The lowest BCUT2D eigenvalue weighted by molar-refractivity contribution is -0.133. The maximum absolute atomic E-state index is 13.9. The van der Waals surface area contributed by atoms with E-state index in [0.717, 1.165) is 16.7 Å². The van der Waals surface area contributed by atoms with E-state index in [0.29, 0.717) is 30.1 Å². The number of aromatic nitrogens is 2. The Kier molecular flexibility index (Phi) is 7.74. The minimum Gasteiger partial charge on any atom is -0.496 e. The molecular formula is C31H32N4O3S. The summed E-state index contributed by atoms with van der Waals surface area (Å²) in [6.07, 6.45) is 2.68. The lowest BCUT2D eigenvalue weighted by Gasteiger charge is -2.43. The summed E-state index contributed by atoms with van der Waals surface area (Å²) < 4.78 is 7.13. The monoisotopic (exact) mass is 540 g/mol. The molecule has 1 atom stereocenters. The molecule has 4 aromatic rings. The van der Waals surface area contributed by atoms with Gasteiger partial charge in [0.15, 0.2) is 0 Å². The molecule has 3 aromatic carbocycles. The summed E-state index contributed by atoms with van der Waals surface area (Å²) in [6.45, 7) is 2.77. The van der Waals surface area contributed by atoms with Gasteiger partial charge in [-0.3, -0.25) is 14.3 Å². The Balaban J connectivity index is 1.44. The maximum atomic E-state index is 13.9. The number of methoxy groups -OCH3 is 1. The van der Waals surface area contributed by atoms with Crippen LogP contribution in [0.25, 0.3) is 11.3 Å². The quantitative estimate of drug-likeness (QED) is 0.301. The van der Waals surface area contributed by atoms with Crippen LogP contribution in [0.2, 0.25) is 0 Å². The molecular weight excluding hydrogens is 508 g/mol. The van der Waals surface area contributed by atoms with E-state index >= 15 is 0 Å². The van der Waals surface area contributed by atoms with Crippen LogP contribution < -0.4 is 10.1 Å². The van der Waals surface area contributed by atoms with E-state index in [4.69, 9.17) is 9.84 Å². The van der Waals surface area contributed by atoms with Crippen molar-refractivity contribution in [2.75, 3.05) is 19.9 Å². The largest absolute Gasteiger partial charge is 0.496 e. The summed E-state index contributed by atoms with van der Waals surface area (Å²) in [5, 5.41) is 7.79. The number of nitrogens with zero attached hydrogens (tertiary/aromatic N) is 3. The molecule has 2 amide bonds. The normalized spacial score (nSPS) is 16.6. The Hall–Kier alpha value is -4.04. The fourth-order valence-electron chi connectivity index (χ4n) is 4.99. The first kappa shape index (κ1) is 26.6. The maximum Gasteiger partial charge on any atom is 0.273 e. The summed E-state index contributed by atoms with van der Waals surface area (Å²) in [5.74, 6) is 0.267. The molecule has 1 aliphatic rings. The van der Waals surface area contributed by atoms with Crippen molar-refractivity contribution in [3.63, 3.8) is 0 Å². The number of thioether (sulfide) groups is 1. The van der Waals surface area contributed by atoms with Gasteiger partial charge >= 0.3 is 0 Å². The number of carbonyl (C=O) groups is 2. The number of amides is 2. The number of ether oxygens (including phenoxy) is 1. The van der Waals surface area contributed by atoms with Crippen LogP contribution in [-0.2, 0) is 24.3 Å². The second-order valence-electron chi connectivity index (χ2n) is 9.76. The second kappa shape index (κ2) is 11.4. The Labute approximate surface area is 233 Å². The van der Waals surface area contributed by atoms with E-state index in [2.05, 4.69) is 29.6 Å². The van der Waals surface area contributed by atoms with Crippen LogP contribution in [0.15, 0.2) is 89.8 Å². The van der Waals surface area contributed by atoms with E-state index in [-0.39, 0.29) is 24.9 Å². The molecule has 5 rings (SSSR count). The number of rotatable bonds is 9. The number of benzene rings is 3. The van der Waals surface area contributed by atoms with Gasteiger partial charge in [-0.25, -0.2) is 0 Å². The molecule has 0 saturated heterocycles. The minimum absolute atomic E-state index is 0.202. The number of fused-ring (bicyclic) bond motifs is 1. The van der Waals surface area contributed by atoms with Crippen molar-refractivity contribution in [2.45, 2.75) is 36.9 Å². The number of hydrogen-bond donors (Lipinski definition) is 1. The lowest BCUT2D eigenvalue weighted by Crippen LogP contribution is -2.64. The Morgan fingerprint density at radius 1 is 1.05 bits per heavy atom. The average molecular weight is 541 g/mol. The van der Waals surface area contributed by atoms with Crippen LogP contribution in [0.5, 0.6) is 5.75 Å². The van der Waals surface area contributed by atoms with Gasteiger partial charge in [-0.05, 0) is 49.4 Å². The molecule has 39 heavy (non-hydrogen) atoms. The number of hydrogen-bond acceptors (Lipinski definition) is 5. The Morgan fingerprint density at radius 3 is 2.49 bits per heavy atom. The summed E-state index contributed by atoms with van der Waals surface area (Å²) in [5.41, 5.74) is 2.97. The third-order valence-corrected chi connectivity index (χ3v) is 8.01. The van der Waals surface area contributed by atoms with Crippen molar-refractivity contribution in [2.24, 2.45) is 0 Å². The minimum atomic E-state index is -1.13. The Bertz CT molecular complexity index is 1470. The highest BCUT2D eigenvalue weighted by Crippen LogP contribution is 2.31. The van der Waals surface area contributed by atoms with Crippen LogP contribution in [0.3, 0.4) is 0 Å². The van der Waals surface area contributed by atoms with E-state index in [1.54, 1.807) is 28.5 Å². The fraction of sp³-hybridized carbons (Fsp3) is 0.258. The number of carbonyl (C=O) groups excluding carboxylic acids is 2. The van der Waals surface area contributed by atoms with Gasteiger partial charge in [0.1, 0.15) is 17.0 Å². The van der Waals surface area contributed by atoms with Crippen LogP contribution in [0.4, 0.5) is 0 Å². The topological polar surface area (TPSA) is 76.5 Å². The molecule has 0 spiro atoms. The van der Waals surface area contributed by atoms with E-state index < -0.39 is 5.54 Å². The molecule has 0 bridgehead atoms. The van der Waals surface area contributed by atoms with Gasteiger partial charge in [-0.15, -0.1) is 11.8 Å². The fourth-order valence-corrected chi connectivity index (χ4v) is 5.40. The van der Waals surface area contributed by atoms with Gasteiger partial charge in [0, 0.05) is 29.1 Å². The number of nitrogens with one attached hydrogen (secondary N) is 1. The van der Waals surface area contributed by atoms with Gasteiger partial charge in [-0.1, -0.05) is 60.7 Å². The summed E-state index contributed by atoms with van der Waals surface area (Å²) in [4.78, 5) is 30.7. The zero-order valence-electron chi connectivity index (χ0n) is 22.4. The predicted molar refractivity (Wildman–Crippen MR) is 154 cm³/mol. The van der Waals surface area contributed by atoms with Crippen molar-refractivity contribution in [3.05, 3.63) is 102 Å². The van der Waals surface area contributed by atoms with Crippen LogP contribution >= 0.6 is 11.8 Å². The van der Waals surface area contributed by atoms with Crippen molar-refractivity contribution in [1.29, 1.82) is 0 Å². The molecule has 7 nitrogen and oxygen atoms in total. The third kappa shape index (κ3) is 5.43. The first-order chi connectivity index (χ1) is 18.9. The molecule has 0 saturated carbocycles. The SMILES string of the molecule is COc1ccccc1CNC(=O)C1(C)Cn2nc(-c3ccccc3)cc2C(=O)N1CCc1ccc(SC)cc1. The molecule has 0 fully saturated rings. The molecule has 0 radical (unpaired) electrons. The first-order valence-electron chi connectivity index (χ1n) is 12.9. The van der Waals surface area contributed by atoms with Gasteiger partial charge in [0.25, 0.3) is 5.91 Å². The Morgan fingerprint density at radius 2 is 1.77 bits per heavy atom. The first-order valence-corrected chi connectivity index (χ1v) is 14.1. The molecule has 1 aromatic heterocycles. The van der Waals surface area contributed by atoms with Crippen molar-refractivity contribution in [1.82, 2.24) is 20.0 Å². The third-order valence-electron chi connectivity index (χ3n) is 7.27. The highest BCUT2D eigenvalue weighted by atomic mass is 32.2. The van der Waals surface area contributed by atoms with Crippen molar-refractivity contribution in [3.8, 4) is 17.0 Å². The van der Waals surface area contributed by atoms with E-state index in [1.807, 2.05) is 73.8 Å². The lowest BCUT2D eigenvalue weighted by atomic mass is 9.94. The summed E-state index contributed by atoms with van der Waals surface area (Å²) in [6, 6.07) is 27.5. The van der Waals surface area contributed by atoms with E-state index in [1.165, 1.54) is 4.90 Å². The van der Waals surface area contributed by atoms with Gasteiger partial charge in [-0.2, -0.15) is 5.10 Å². The second-order valence-corrected chi connectivity index (χ2v) is 10.6. The highest BCUT2D eigenvalue weighted by Gasteiger charge is 2.47. The van der Waals surface area contributed by atoms with Crippen LogP contribution in [0.1, 0.15) is 28.5 Å². The van der Waals surface area contributed by atoms with Gasteiger partial charge in [0.05, 0.1) is 19.3 Å². The molecule has 1 unspecified atom stereocenters. The van der Waals surface area contributed by atoms with Gasteiger partial charge in [0.2, 0.25) is 5.91 Å².